The van der Waals surface area contributed by atoms with Crippen molar-refractivity contribution in [3.8, 4) is 0 Å². The molecule has 0 amide bonds. The van der Waals surface area contributed by atoms with Gasteiger partial charge in [-0.15, -0.1) is 0 Å². The quantitative estimate of drug-likeness (QED) is 0.792. The lowest BCUT2D eigenvalue weighted by atomic mass is 9.91. The van der Waals surface area contributed by atoms with E-state index in [0.29, 0.717) is 5.92 Å². The van der Waals surface area contributed by atoms with Gasteiger partial charge < -0.3 is 5.32 Å². The molecule has 0 spiro atoms. The maximum absolute atomic E-state index is 13.2. The number of benzene rings is 2. The second-order valence-corrected chi connectivity index (χ2v) is 5.52. The van der Waals surface area contributed by atoms with Crippen molar-refractivity contribution in [3.05, 3.63) is 71.0 Å². The Morgan fingerprint density at radius 2 is 1.86 bits per heavy atom. The molecule has 2 rings (SSSR count). The summed E-state index contributed by atoms with van der Waals surface area (Å²) in [7, 11) is 0. The number of hydrogen-bond acceptors (Lipinski definition) is 1. The van der Waals surface area contributed by atoms with Gasteiger partial charge in [-0.05, 0) is 61.1 Å². The molecule has 0 aliphatic carbocycles. The maximum atomic E-state index is 13.2. The SMILES string of the molecule is CCNCC(CCc1ccc(F)cc1C)c1ccccc1. The summed E-state index contributed by atoms with van der Waals surface area (Å²) in [6, 6.07) is 15.7. The number of rotatable bonds is 7. The van der Waals surface area contributed by atoms with Crippen LogP contribution in [0.25, 0.3) is 0 Å². The molecule has 0 aliphatic rings. The molecule has 0 saturated carbocycles. The molecule has 0 fully saturated rings. The van der Waals surface area contributed by atoms with E-state index in [4.69, 9.17) is 0 Å². The fourth-order valence-corrected chi connectivity index (χ4v) is 2.70. The second-order valence-electron chi connectivity index (χ2n) is 5.52. The molecule has 0 aromatic heterocycles. The van der Waals surface area contributed by atoms with E-state index in [2.05, 4.69) is 42.6 Å². The first-order valence-corrected chi connectivity index (χ1v) is 7.71. The summed E-state index contributed by atoms with van der Waals surface area (Å²) < 4.78 is 13.2. The van der Waals surface area contributed by atoms with Crippen LogP contribution in [0.5, 0.6) is 0 Å². The number of nitrogens with one attached hydrogen (secondary N) is 1. The zero-order chi connectivity index (χ0) is 15.1. The lowest BCUT2D eigenvalue weighted by Crippen LogP contribution is -2.21. The van der Waals surface area contributed by atoms with E-state index in [0.717, 1.165) is 31.5 Å². The van der Waals surface area contributed by atoms with Crippen LogP contribution in [0.4, 0.5) is 4.39 Å². The normalized spacial score (nSPS) is 12.3. The van der Waals surface area contributed by atoms with Crippen molar-refractivity contribution in [2.45, 2.75) is 32.6 Å². The monoisotopic (exact) mass is 285 g/mol. The zero-order valence-electron chi connectivity index (χ0n) is 12.9. The van der Waals surface area contributed by atoms with Crippen LogP contribution < -0.4 is 5.32 Å². The van der Waals surface area contributed by atoms with Gasteiger partial charge in [-0.2, -0.15) is 0 Å². The Morgan fingerprint density at radius 3 is 2.52 bits per heavy atom. The fourth-order valence-electron chi connectivity index (χ4n) is 2.70. The van der Waals surface area contributed by atoms with Crippen molar-refractivity contribution in [2.75, 3.05) is 13.1 Å². The second kappa shape index (κ2) is 7.94. The Balaban J connectivity index is 2.05. The first-order chi connectivity index (χ1) is 10.2. The summed E-state index contributed by atoms with van der Waals surface area (Å²) in [4.78, 5) is 0. The van der Waals surface area contributed by atoms with Crippen molar-refractivity contribution in [1.29, 1.82) is 0 Å². The van der Waals surface area contributed by atoms with Crippen molar-refractivity contribution < 1.29 is 4.39 Å². The molecule has 0 saturated heterocycles. The minimum Gasteiger partial charge on any atom is -0.316 e. The van der Waals surface area contributed by atoms with Gasteiger partial charge in [-0.3, -0.25) is 0 Å². The molecule has 1 N–H and O–H groups in total. The Kier molecular flexibility index (Phi) is 5.94. The van der Waals surface area contributed by atoms with Crippen LogP contribution in [0.2, 0.25) is 0 Å². The Hall–Kier alpha value is -1.67. The molecule has 1 unspecified atom stereocenters. The van der Waals surface area contributed by atoms with Gasteiger partial charge in [0.2, 0.25) is 0 Å². The minimum atomic E-state index is -0.150. The van der Waals surface area contributed by atoms with Crippen LogP contribution >= 0.6 is 0 Å². The van der Waals surface area contributed by atoms with Gasteiger partial charge in [0.05, 0.1) is 0 Å². The fraction of sp³-hybridized carbons (Fsp3) is 0.368. The van der Waals surface area contributed by atoms with Gasteiger partial charge >= 0.3 is 0 Å². The molecular weight excluding hydrogens is 261 g/mol. The van der Waals surface area contributed by atoms with Gasteiger partial charge in [-0.25, -0.2) is 4.39 Å². The van der Waals surface area contributed by atoms with Crippen LogP contribution in [0.3, 0.4) is 0 Å². The van der Waals surface area contributed by atoms with Gasteiger partial charge in [0, 0.05) is 6.54 Å². The molecule has 112 valence electrons. The van der Waals surface area contributed by atoms with Crippen LogP contribution in [-0.2, 0) is 6.42 Å². The first kappa shape index (κ1) is 15.7. The Labute approximate surface area is 127 Å². The molecule has 2 heteroatoms. The van der Waals surface area contributed by atoms with Gasteiger partial charge in [0.1, 0.15) is 5.82 Å². The van der Waals surface area contributed by atoms with Crippen molar-refractivity contribution in [3.63, 3.8) is 0 Å². The Morgan fingerprint density at radius 1 is 1.10 bits per heavy atom. The third-order valence-corrected chi connectivity index (χ3v) is 3.98. The van der Waals surface area contributed by atoms with E-state index < -0.39 is 0 Å². The van der Waals surface area contributed by atoms with E-state index in [9.17, 15) is 4.39 Å². The molecular formula is C19H24FN. The number of likely N-dealkylation sites (N-methyl/N-ethyl adjacent to an activating group) is 1. The van der Waals surface area contributed by atoms with Crippen molar-refractivity contribution in [2.24, 2.45) is 0 Å². The minimum absolute atomic E-state index is 0.150. The summed E-state index contributed by atoms with van der Waals surface area (Å²) in [6.07, 6.45) is 2.06. The highest BCUT2D eigenvalue weighted by Crippen LogP contribution is 2.22. The van der Waals surface area contributed by atoms with Crippen LogP contribution in [0.15, 0.2) is 48.5 Å². The summed E-state index contributed by atoms with van der Waals surface area (Å²) in [5, 5.41) is 3.45. The zero-order valence-corrected chi connectivity index (χ0v) is 12.9. The maximum Gasteiger partial charge on any atom is 0.123 e. The first-order valence-electron chi connectivity index (χ1n) is 7.71. The number of halogens is 1. The molecule has 0 bridgehead atoms. The van der Waals surface area contributed by atoms with E-state index in [-0.39, 0.29) is 5.82 Å². The molecule has 0 aliphatic heterocycles. The van der Waals surface area contributed by atoms with E-state index in [1.54, 1.807) is 12.1 Å². The molecule has 2 aromatic rings. The van der Waals surface area contributed by atoms with Gasteiger partial charge in [0.15, 0.2) is 0 Å². The lowest BCUT2D eigenvalue weighted by Gasteiger charge is -2.18. The predicted octanol–water partition coefficient (Wildman–Crippen LogP) is 4.46. The number of aryl methyl sites for hydroxylation is 2. The van der Waals surface area contributed by atoms with Gasteiger partial charge in [-0.1, -0.05) is 43.3 Å². The average molecular weight is 285 g/mol. The van der Waals surface area contributed by atoms with E-state index in [1.807, 2.05) is 13.0 Å². The highest BCUT2D eigenvalue weighted by Gasteiger charge is 2.11. The highest BCUT2D eigenvalue weighted by molar-refractivity contribution is 5.27. The smallest absolute Gasteiger partial charge is 0.123 e. The molecule has 0 radical (unpaired) electrons. The average Bonchev–Trinajstić information content (AvgIpc) is 2.50. The molecule has 1 nitrogen and oxygen atoms in total. The highest BCUT2D eigenvalue weighted by atomic mass is 19.1. The lowest BCUT2D eigenvalue weighted by molar-refractivity contribution is 0.560. The van der Waals surface area contributed by atoms with Gasteiger partial charge in [0.25, 0.3) is 0 Å². The summed E-state index contributed by atoms with van der Waals surface area (Å²) in [5.41, 5.74) is 3.66. The summed E-state index contributed by atoms with van der Waals surface area (Å²) >= 11 is 0. The standard InChI is InChI=1S/C19H24FN/c1-3-21-14-18(17-7-5-4-6-8-17)10-9-16-11-12-19(20)13-15(16)2/h4-8,11-13,18,21H,3,9-10,14H2,1-2H3. The molecule has 2 aromatic carbocycles. The van der Waals surface area contributed by atoms with Crippen LogP contribution in [-0.4, -0.2) is 13.1 Å². The van der Waals surface area contributed by atoms with Crippen LogP contribution in [0, 0.1) is 12.7 Å². The largest absolute Gasteiger partial charge is 0.316 e. The molecule has 0 heterocycles. The van der Waals surface area contributed by atoms with Crippen molar-refractivity contribution in [1.82, 2.24) is 5.32 Å². The van der Waals surface area contributed by atoms with E-state index >= 15 is 0 Å². The van der Waals surface area contributed by atoms with Crippen LogP contribution in [0.1, 0.15) is 36.0 Å². The third kappa shape index (κ3) is 4.68. The summed E-state index contributed by atoms with van der Waals surface area (Å²) in [6.45, 7) is 6.09. The predicted molar refractivity (Wildman–Crippen MR) is 87.2 cm³/mol. The molecule has 21 heavy (non-hydrogen) atoms. The Bertz CT molecular complexity index is 551. The summed E-state index contributed by atoms with van der Waals surface area (Å²) in [5.74, 6) is 0.346. The third-order valence-electron chi connectivity index (χ3n) is 3.98. The van der Waals surface area contributed by atoms with Crippen molar-refractivity contribution >= 4 is 0 Å². The number of hydrogen-bond donors (Lipinski definition) is 1. The topological polar surface area (TPSA) is 12.0 Å². The molecule has 1 atom stereocenters. The van der Waals surface area contributed by atoms with E-state index in [1.165, 1.54) is 11.1 Å².